The summed E-state index contributed by atoms with van der Waals surface area (Å²) in [4.78, 5) is 37.9. The topological polar surface area (TPSA) is 75.7 Å². The number of amides is 3. The smallest absolute Gasteiger partial charge is 0.271 e. The number of nitrogens with one attached hydrogen (secondary N) is 1. The Hall–Kier alpha value is -1.73. The highest BCUT2D eigenvalue weighted by molar-refractivity contribution is 7.10. The van der Waals surface area contributed by atoms with Crippen molar-refractivity contribution in [2.24, 2.45) is 11.8 Å². The molecule has 21 heavy (non-hydrogen) atoms. The van der Waals surface area contributed by atoms with Crippen LogP contribution >= 0.6 is 11.3 Å². The van der Waals surface area contributed by atoms with E-state index in [1.807, 2.05) is 6.92 Å². The molecule has 3 amide bonds. The zero-order valence-corrected chi connectivity index (χ0v) is 12.2. The van der Waals surface area contributed by atoms with Crippen molar-refractivity contribution in [2.45, 2.75) is 32.0 Å². The van der Waals surface area contributed by atoms with Gasteiger partial charge in [0.05, 0.1) is 29.6 Å². The number of nitrogens with zero attached hydrogens (tertiary/aromatic N) is 1. The second-order valence-electron chi connectivity index (χ2n) is 5.74. The van der Waals surface area contributed by atoms with Crippen molar-refractivity contribution in [1.82, 2.24) is 10.4 Å². The molecule has 0 saturated carbocycles. The van der Waals surface area contributed by atoms with E-state index in [4.69, 9.17) is 4.74 Å². The van der Waals surface area contributed by atoms with Crippen LogP contribution in [0.15, 0.2) is 11.4 Å². The maximum absolute atomic E-state index is 12.4. The molecule has 4 atom stereocenters. The van der Waals surface area contributed by atoms with Crippen molar-refractivity contribution in [3.05, 3.63) is 21.9 Å². The van der Waals surface area contributed by atoms with Gasteiger partial charge in [-0.3, -0.25) is 19.8 Å². The fraction of sp³-hybridized carbons (Fsp3) is 0.500. The van der Waals surface area contributed by atoms with Gasteiger partial charge in [-0.2, -0.15) is 5.01 Å². The second kappa shape index (κ2) is 4.38. The Balaban J connectivity index is 1.55. The van der Waals surface area contributed by atoms with Gasteiger partial charge in [-0.1, -0.05) is 0 Å². The van der Waals surface area contributed by atoms with Crippen LogP contribution in [0.5, 0.6) is 0 Å². The van der Waals surface area contributed by atoms with E-state index >= 15 is 0 Å². The number of carbonyl (C=O) groups excluding carboxylic acids is 3. The molecule has 1 aromatic rings. The number of hydrogen-bond donors (Lipinski definition) is 1. The summed E-state index contributed by atoms with van der Waals surface area (Å²) in [7, 11) is 0. The maximum atomic E-state index is 12.4. The number of ether oxygens (including phenoxy) is 1. The van der Waals surface area contributed by atoms with Crippen molar-refractivity contribution in [1.29, 1.82) is 0 Å². The summed E-state index contributed by atoms with van der Waals surface area (Å²) < 4.78 is 5.64. The van der Waals surface area contributed by atoms with Gasteiger partial charge >= 0.3 is 0 Å². The molecular weight excluding hydrogens is 292 g/mol. The number of aryl methyl sites for hydroxylation is 1. The van der Waals surface area contributed by atoms with E-state index in [9.17, 15) is 14.4 Å². The van der Waals surface area contributed by atoms with Gasteiger partial charge in [0, 0.05) is 10.3 Å². The Morgan fingerprint density at radius 3 is 2.43 bits per heavy atom. The largest absolute Gasteiger partial charge is 0.373 e. The Morgan fingerprint density at radius 1 is 1.29 bits per heavy atom. The molecule has 3 saturated heterocycles. The molecule has 1 N–H and O–H groups in total. The fourth-order valence-electron chi connectivity index (χ4n) is 3.55. The number of carbonyl (C=O) groups is 3. The standard InChI is InChI=1S/C14H14N2O4S/c1-6-4-7(5-21-6)12(17)15-16-13(18)10-8-2-3-9(20-8)11(10)14(16)19/h4-5,8-11H,2-3H2,1H3,(H,15,17)/t8-,9-,10-,11+/m1/s1. The van der Waals surface area contributed by atoms with Crippen molar-refractivity contribution in [3.63, 3.8) is 0 Å². The quantitative estimate of drug-likeness (QED) is 0.822. The highest BCUT2D eigenvalue weighted by Crippen LogP contribution is 2.48. The average Bonchev–Trinajstić information content (AvgIpc) is 3.19. The number of hydrogen-bond acceptors (Lipinski definition) is 5. The van der Waals surface area contributed by atoms with Crippen LogP contribution in [0.3, 0.4) is 0 Å². The third-order valence-corrected chi connectivity index (χ3v) is 5.35. The highest BCUT2D eigenvalue weighted by Gasteiger charge is 2.62. The van der Waals surface area contributed by atoms with Gasteiger partial charge in [0.2, 0.25) is 0 Å². The van der Waals surface area contributed by atoms with Crippen molar-refractivity contribution in [2.75, 3.05) is 0 Å². The van der Waals surface area contributed by atoms with Crippen LogP contribution in [0, 0.1) is 18.8 Å². The van der Waals surface area contributed by atoms with Crippen LogP contribution in [0.25, 0.3) is 0 Å². The third kappa shape index (κ3) is 1.77. The normalized spacial score (nSPS) is 33.7. The summed E-state index contributed by atoms with van der Waals surface area (Å²) in [5, 5.41) is 2.61. The van der Waals surface area contributed by atoms with Gasteiger partial charge in [-0.05, 0) is 25.8 Å². The lowest BCUT2D eigenvalue weighted by Gasteiger charge is -2.17. The first-order chi connectivity index (χ1) is 10.1. The first-order valence-electron chi connectivity index (χ1n) is 6.95. The second-order valence-corrected chi connectivity index (χ2v) is 6.86. The average molecular weight is 306 g/mol. The molecule has 0 spiro atoms. The number of fused-ring (bicyclic) bond motifs is 5. The molecule has 3 fully saturated rings. The highest BCUT2D eigenvalue weighted by atomic mass is 32.1. The summed E-state index contributed by atoms with van der Waals surface area (Å²) in [6, 6.07) is 1.73. The van der Waals surface area contributed by atoms with Crippen LogP contribution in [0.1, 0.15) is 28.1 Å². The van der Waals surface area contributed by atoms with E-state index in [0.29, 0.717) is 5.56 Å². The Kier molecular flexibility index (Phi) is 2.71. The minimum atomic E-state index is -0.422. The number of thiophene rings is 1. The van der Waals surface area contributed by atoms with Crippen LogP contribution in [-0.2, 0) is 14.3 Å². The molecule has 0 aromatic carbocycles. The predicted octanol–water partition coefficient (Wildman–Crippen LogP) is 0.864. The minimum absolute atomic E-state index is 0.165. The van der Waals surface area contributed by atoms with Gasteiger partial charge < -0.3 is 4.74 Å². The molecule has 4 rings (SSSR count). The van der Waals surface area contributed by atoms with Gasteiger partial charge in [0.1, 0.15) is 0 Å². The summed E-state index contributed by atoms with van der Waals surface area (Å²) in [5.41, 5.74) is 2.92. The molecule has 7 heteroatoms. The first kappa shape index (κ1) is 13.0. The first-order valence-corrected chi connectivity index (χ1v) is 7.83. The summed E-state index contributed by atoms with van der Waals surface area (Å²) in [6.07, 6.45) is 1.30. The molecule has 4 heterocycles. The zero-order chi connectivity index (χ0) is 14.7. The van der Waals surface area contributed by atoms with Crippen LogP contribution in [-0.4, -0.2) is 34.9 Å². The molecule has 0 aliphatic carbocycles. The van der Waals surface area contributed by atoms with E-state index < -0.39 is 17.7 Å². The van der Waals surface area contributed by atoms with E-state index in [1.54, 1.807) is 11.4 Å². The van der Waals surface area contributed by atoms with Gasteiger partial charge in [-0.15, -0.1) is 11.3 Å². The van der Waals surface area contributed by atoms with E-state index in [2.05, 4.69) is 5.43 Å². The Bertz CT molecular complexity index is 627. The zero-order valence-electron chi connectivity index (χ0n) is 11.4. The van der Waals surface area contributed by atoms with E-state index in [-0.39, 0.29) is 24.0 Å². The lowest BCUT2D eigenvalue weighted by atomic mass is 9.81. The van der Waals surface area contributed by atoms with E-state index in [0.717, 1.165) is 22.7 Å². The number of rotatable bonds is 2. The molecule has 110 valence electrons. The molecule has 3 aliphatic rings. The summed E-state index contributed by atoms with van der Waals surface area (Å²) in [5.74, 6) is -1.93. The number of imide groups is 1. The van der Waals surface area contributed by atoms with Gasteiger partial charge in [0.25, 0.3) is 17.7 Å². The summed E-state index contributed by atoms with van der Waals surface area (Å²) in [6.45, 7) is 1.90. The molecule has 0 radical (unpaired) electrons. The molecule has 6 nitrogen and oxygen atoms in total. The Labute approximate surface area is 125 Å². The van der Waals surface area contributed by atoms with Crippen LogP contribution in [0.4, 0.5) is 0 Å². The van der Waals surface area contributed by atoms with Crippen molar-refractivity contribution >= 4 is 29.1 Å². The van der Waals surface area contributed by atoms with E-state index in [1.165, 1.54) is 11.3 Å². The minimum Gasteiger partial charge on any atom is -0.373 e. The van der Waals surface area contributed by atoms with Crippen molar-refractivity contribution < 1.29 is 19.1 Å². The fourth-order valence-corrected chi connectivity index (χ4v) is 4.23. The molecule has 0 unspecified atom stereocenters. The molecule has 1 aromatic heterocycles. The van der Waals surface area contributed by atoms with Gasteiger partial charge in [0.15, 0.2) is 0 Å². The van der Waals surface area contributed by atoms with Crippen LogP contribution < -0.4 is 5.43 Å². The lowest BCUT2D eigenvalue weighted by molar-refractivity contribution is -0.145. The predicted molar refractivity (Wildman–Crippen MR) is 73.3 cm³/mol. The maximum Gasteiger partial charge on any atom is 0.271 e. The SMILES string of the molecule is Cc1cc(C(=O)NN2C(=O)[C@@H]3[C@H](C2=O)[C@H]2CC[C@H]3O2)cs1. The molecular formula is C14H14N2O4S. The van der Waals surface area contributed by atoms with Crippen molar-refractivity contribution in [3.8, 4) is 0 Å². The summed E-state index contributed by atoms with van der Waals surface area (Å²) >= 11 is 1.45. The lowest BCUT2D eigenvalue weighted by Crippen LogP contribution is -2.47. The van der Waals surface area contributed by atoms with Crippen LogP contribution in [0.2, 0.25) is 0 Å². The number of hydrazine groups is 1. The Morgan fingerprint density at radius 2 is 1.90 bits per heavy atom. The monoisotopic (exact) mass is 306 g/mol. The van der Waals surface area contributed by atoms with Gasteiger partial charge in [-0.25, -0.2) is 0 Å². The third-order valence-electron chi connectivity index (χ3n) is 4.49. The molecule has 3 aliphatic heterocycles. The molecule has 2 bridgehead atoms.